The molecule has 6 rings (SSSR count). The van der Waals surface area contributed by atoms with Crippen LogP contribution >= 0.6 is 8.60 Å². The van der Waals surface area contributed by atoms with E-state index >= 15 is 0 Å². The Labute approximate surface area is 296 Å². The molecule has 7 heteroatoms. The molecule has 1 aliphatic carbocycles. The summed E-state index contributed by atoms with van der Waals surface area (Å²) in [7, 11) is -1.59. The van der Waals surface area contributed by atoms with E-state index in [1.165, 1.54) is 24.8 Å². The fourth-order valence-corrected chi connectivity index (χ4v) is 5.76. The molecular formula is C41H36FeO5P+. The molecule has 0 bridgehead atoms. The van der Waals surface area contributed by atoms with Crippen LogP contribution in [0.5, 0.6) is 17.2 Å². The summed E-state index contributed by atoms with van der Waals surface area (Å²) in [5.74, 6) is 10.0. The number of hydrogen-bond donors (Lipinski definition) is 0. The van der Waals surface area contributed by atoms with Crippen LogP contribution in [0.25, 0.3) is 0 Å². The van der Waals surface area contributed by atoms with Crippen molar-refractivity contribution in [3.05, 3.63) is 183 Å². The molecular weight excluding hydrogens is 659 g/mol. The van der Waals surface area contributed by atoms with Gasteiger partial charge in [0.1, 0.15) is 17.2 Å². The Hall–Kier alpha value is -4.51. The quantitative estimate of drug-likeness (QED) is 0.0425. The summed E-state index contributed by atoms with van der Waals surface area (Å²) in [5, 5.41) is 0. The van der Waals surface area contributed by atoms with Crippen molar-refractivity contribution < 1.29 is 39.9 Å². The van der Waals surface area contributed by atoms with Gasteiger partial charge in [-0.25, -0.2) is 0 Å². The van der Waals surface area contributed by atoms with Gasteiger partial charge in [-0.05, 0) is 66.4 Å². The van der Waals surface area contributed by atoms with E-state index in [9.17, 15) is 0 Å². The van der Waals surface area contributed by atoms with Crippen LogP contribution in [0.4, 0.5) is 0 Å². The Morgan fingerprint density at radius 2 is 0.958 bits per heavy atom. The van der Waals surface area contributed by atoms with E-state index in [0.717, 1.165) is 12.0 Å². The first-order chi connectivity index (χ1) is 23.3. The second-order valence-electron chi connectivity index (χ2n) is 10.2. The van der Waals surface area contributed by atoms with Gasteiger partial charge in [-0.15, -0.1) is 11.8 Å². The largest absolute Gasteiger partial charge is 2.00 e. The maximum atomic E-state index is 7.50. The summed E-state index contributed by atoms with van der Waals surface area (Å²) in [5.41, 5.74) is 2.60. The summed E-state index contributed by atoms with van der Waals surface area (Å²) >= 11 is 0. The van der Waals surface area contributed by atoms with E-state index in [4.69, 9.17) is 22.9 Å². The first-order valence-electron chi connectivity index (χ1n) is 15.2. The van der Waals surface area contributed by atoms with Crippen molar-refractivity contribution in [2.45, 2.75) is 31.6 Å². The smallest absolute Gasteiger partial charge is 0.409 e. The molecule has 0 heterocycles. The average Bonchev–Trinajstić information content (AvgIpc) is 3.41. The van der Waals surface area contributed by atoms with Crippen LogP contribution in [-0.2, 0) is 26.4 Å². The van der Waals surface area contributed by atoms with Crippen molar-refractivity contribution >= 4 is 8.60 Å². The van der Waals surface area contributed by atoms with Crippen LogP contribution in [0.3, 0.4) is 0 Å². The van der Waals surface area contributed by atoms with E-state index in [-0.39, 0.29) is 17.1 Å². The standard InChI is InChI=1S/C21H21.C18H15O3P.2CO.Fe/c1-3-8-18(9-4-1)14-15-19-10-7-13-21(17-16-19)20-11-5-2-6-12-20;1-4-10-16(11-5-1)19-22(20-17-12-6-2-7-13-17)21-18-14-8-3-9-15-18;2*1-2;/h1-6,8-9,11-12,16,19,21H,7,10,13,17H2;1-15H;;;/q-1;;;;+2. The molecule has 2 atom stereocenters. The van der Waals surface area contributed by atoms with E-state index in [1.807, 2.05) is 109 Å². The predicted molar refractivity (Wildman–Crippen MR) is 185 cm³/mol. The van der Waals surface area contributed by atoms with Crippen molar-refractivity contribution in [3.8, 4) is 29.1 Å². The molecule has 0 N–H and O–H groups in total. The SMILES string of the molecule is C(#CC1[CH-]CC(c2ccccc2)CCC1)c1ccccc1.[C-]#[O+].[C-]#[O+].[Fe+2].c1ccc(OP(Oc2ccccc2)Oc2ccccc2)cc1. The molecule has 0 saturated heterocycles. The zero-order chi connectivity index (χ0) is 33.4. The van der Waals surface area contributed by atoms with Gasteiger partial charge in [0.25, 0.3) is 0 Å². The minimum absolute atomic E-state index is 0. The van der Waals surface area contributed by atoms with Crippen molar-refractivity contribution in [3.63, 3.8) is 0 Å². The van der Waals surface area contributed by atoms with Crippen molar-refractivity contribution in [2.75, 3.05) is 0 Å². The first-order valence-corrected chi connectivity index (χ1v) is 16.3. The Morgan fingerprint density at radius 3 is 1.40 bits per heavy atom. The normalized spacial score (nSPS) is 14.4. The zero-order valence-corrected chi connectivity index (χ0v) is 28.3. The van der Waals surface area contributed by atoms with E-state index in [1.54, 1.807) is 0 Å². The Morgan fingerprint density at radius 1 is 0.562 bits per heavy atom. The van der Waals surface area contributed by atoms with Crippen LogP contribution in [-0.4, -0.2) is 0 Å². The molecule has 0 aliphatic heterocycles. The number of hydrogen-bond acceptors (Lipinski definition) is 3. The zero-order valence-electron chi connectivity index (χ0n) is 26.3. The number of para-hydroxylation sites is 3. The van der Waals surface area contributed by atoms with Crippen molar-refractivity contribution in [1.82, 2.24) is 0 Å². The fraction of sp³-hybridized carbons (Fsp3) is 0.146. The summed E-state index contributed by atoms with van der Waals surface area (Å²) in [6.45, 7) is 9.00. The van der Waals surface area contributed by atoms with Gasteiger partial charge in [0, 0.05) is 5.56 Å². The van der Waals surface area contributed by atoms with Crippen LogP contribution in [0, 0.1) is 37.5 Å². The Bertz CT molecular complexity index is 1520. The fourth-order valence-electron chi connectivity index (χ4n) is 4.76. The summed E-state index contributed by atoms with van der Waals surface area (Å²) in [4.78, 5) is 0. The van der Waals surface area contributed by atoms with Gasteiger partial charge >= 0.3 is 48.3 Å². The monoisotopic (exact) mass is 695 g/mol. The van der Waals surface area contributed by atoms with Crippen LogP contribution < -0.4 is 13.6 Å². The second-order valence-corrected chi connectivity index (χ2v) is 11.2. The Kier molecular flexibility index (Phi) is 20.4. The van der Waals surface area contributed by atoms with E-state index in [0.29, 0.717) is 29.1 Å². The molecule has 1 fully saturated rings. The van der Waals surface area contributed by atoms with Gasteiger partial charge in [-0.2, -0.15) is 6.42 Å². The molecule has 0 amide bonds. The Balaban J connectivity index is 0.000000297. The van der Waals surface area contributed by atoms with Crippen LogP contribution in [0.15, 0.2) is 152 Å². The molecule has 0 radical (unpaired) electrons. The first kappa shape index (κ1) is 39.7. The molecule has 1 aliphatic rings. The maximum Gasteiger partial charge on any atom is 2.00 e. The van der Waals surface area contributed by atoms with Crippen LogP contribution in [0.2, 0.25) is 0 Å². The van der Waals surface area contributed by atoms with Gasteiger partial charge < -0.3 is 20.0 Å². The predicted octanol–water partition coefficient (Wildman–Crippen LogP) is 10.6. The van der Waals surface area contributed by atoms with Gasteiger partial charge in [0.2, 0.25) is 0 Å². The van der Waals surface area contributed by atoms with Gasteiger partial charge in [0.05, 0.1) is 0 Å². The van der Waals surface area contributed by atoms with Gasteiger partial charge in [-0.1, -0.05) is 122 Å². The second kappa shape index (κ2) is 24.6. The molecule has 5 aromatic rings. The van der Waals surface area contributed by atoms with Crippen LogP contribution in [0.1, 0.15) is 42.7 Å². The van der Waals surface area contributed by atoms with Gasteiger partial charge in [0.15, 0.2) is 0 Å². The third-order valence-electron chi connectivity index (χ3n) is 6.99. The van der Waals surface area contributed by atoms with E-state index < -0.39 is 8.60 Å². The summed E-state index contributed by atoms with van der Waals surface area (Å²) < 4.78 is 32.5. The summed E-state index contributed by atoms with van der Waals surface area (Å²) in [6, 6.07) is 49.7. The summed E-state index contributed by atoms with van der Waals surface area (Å²) in [6.07, 6.45) is 7.33. The van der Waals surface area contributed by atoms with Crippen molar-refractivity contribution in [2.24, 2.45) is 5.92 Å². The van der Waals surface area contributed by atoms with Crippen molar-refractivity contribution in [1.29, 1.82) is 0 Å². The topological polar surface area (TPSA) is 67.5 Å². The molecule has 1 saturated carbocycles. The molecule has 0 spiro atoms. The molecule has 48 heavy (non-hydrogen) atoms. The minimum atomic E-state index is -1.59. The average molecular weight is 696 g/mol. The number of rotatable bonds is 7. The third kappa shape index (κ3) is 14.9. The van der Waals surface area contributed by atoms with Gasteiger partial charge in [-0.3, -0.25) is 0 Å². The molecule has 5 nitrogen and oxygen atoms in total. The number of benzene rings is 5. The third-order valence-corrected chi connectivity index (χ3v) is 8.07. The molecule has 242 valence electrons. The van der Waals surface area contributed by atoms with E-state index in [2.05, 4.69) is 74.0 Å². The molecule has 5 aromatic carbocycles. The molecule has 2 unspecified atom stereocenters. The molecule has 0 aromatic heterocycles. The maximum absolute atomic E-state index is 7.50. The minimum Gasteiger partial charge on any atom is -0.409 e.